The van der Waals surface area contributed by atoms with E-state index in [1.54, 1.807) is 11.9 Å². The standard InChI is InChI=1S/C22H26N4O2S/c1-4-26-21(18-10-8-9-17(2)15-18)23-24-22(26)29-16-20(27)25(3)13-14-28-19-11-6-5-7-12-19/h5-12,15H,4,13-14,16H2,1-3H3. The second-order valence-corrected chi connectivity index (χ2v) is 7.63. The number of aryl methyl sites for hydroxylation is 1. The molecule has 0 radical (unpaired) electrons. The van der Waals surface area contributed by atoms with Gasteiger partial charge in [-0.25, -0.2) is 0 Å². The van der Waals surface area contributed by atoms with Gasteiger partial charge in [-0.2, -0.15) is 0 Å². The summed E-state index contributed by atoms with van der Waals surface area (Å²) >= 11 is 1.41. The van der Waals surface area contributed by atoms with Gasteiger partial charge in [0.15, 0.2) is 11.0 Å². The zero-order valence-corrected chi connectivity index (χ0v) is 17.9. The Kier molecular flexibility index (Phi) is 7.30. The highest BCUT2D eigenvalue weighted by Gasteiger charge is 2.16. The molecule has 29 heavy (non-hydrogen) atoms. The van der Waals surface area contributed by atoms with Crippen LogP contribution in [-0.2, 0) is 11.3 Å². The number of hydrogen-bond acceptors (Lipinski definition) is 5. The third kappa shape index (κ3) is 5.60. The number of rotatable bonds is 9. The van der Waals surface area contributed by atoms with E-state index in [9.17, 15) is 4.79 Å². The molecule has 152 valence electrons. The van der Waals surface area contributed by atoms with Gasteiger partial charge in [0.05, 0.1) is 12.3 Å². The van der Waals surface area contributed by atoms with Crippen LogP contribution in [0.2, 0.25) is 0 Å². The van der Waals surface area contributed by atoms with Gasteiger partial charge in [-0.15, -0.1) is 10.2 Å². The van der Waals surface area contributed by atoms with Crippen LogP contribution in [-0.4, -0.2) is 51.5 Å². The van der Waals surface area contributed by atoms with E-state index in [4.69, 9.17) is 4.74 Å². The van der Waals surface area contributed by atoms with Gasteiger partial charge in [0, 0.05) is 19.2 Å². The highest BCUT2D eigenvalue weighted by Crippen LogP contribution is 2.24. The third-order valence-electron chi connectivity index (χ3n) is 4.50. The lowest BCUT2D eigenvalue weighted by Gasteiger charge is -2.17. The summed E-state index contributed by atoms with van der Waals surface area (Å²) in [6.07, 6.45) is 0. The average molecular weight is 411 g/mol. The topological polar surface area (TPSA) is 60.2 Å². The molecular weight excluding hydrogens is 384 g/mol. The van der Waals surface area contributed by atoms with E-state index >= 15 is 0 Å². The normalized spacial score (nSPS) is 10.7. The summed E-state index contributed by atoms with van der Waals surface area (Å²) < 4.78 is 7.71. The van der Waals surface area contributed by atoms with Gasteiger partial charge in [-0.3, -0.25) is 4.79 Å². The fourth-order valence-electron chi connectivity index (χ4n) is 2.86. The molecule has 0 aliphatic rings. The zero-order valence-electron chi connectivity index (χ0n) is 17.0. The third-order valence-corrected chi connectivity index (χ3v) is 5.45. The Morgan fingerprint density at radius 2 is 1.93 bits per heavy atom. The molecule has 0 atom stereocenters. The lowest BCUT2D eigenvalue weighted by atomic mass is 10.1. The molecule has 6 nitrogen and oxygen atoms in total. The van der Waals surface area contributed by atoms with Crippen LogP contribution in [0.1, 0.15) is 12.5 Å². The lowest BCUT2D eigenvalue weighted by molar-refractivity contribution is -0.127. The van der Waals surface area contributed by atoms with E-state index in [0.717, 1.165) is 28.8 Å². The van der Waals surface area contributed by atoms with E-state index in [2.05, 4.69) is 36.2 Å². The Labute approximate surface area is 175 Å². The first-order valence-electron chi connectivity index (χ1n) is 9.63. The van der Waals surface area contributed by atoms with Crippen LogP contribution >= 0.6 is 11.8 Å². The number of thioether (sulfide) groups is 1. The lowest BCUT2D eigenvalue weighted by Crippen LogP contribution is -2.32. The van der Waals surface area contributed by atoms with Crippen molar-refractivity contribution in [2.75, 3.05) is 26.0 Å². The number of benzene rings is 2. The van der Waals surface area contributed by atoms with Gasteiger partial charge in [0.1, 0.15) is 12.4 Å². The molecule has 7 heteroatoms. The molecule has 0 spiro atoms. The molecule has 0 unspecified atom stereocenters. The zero-order chi connectivity index (χ0) is 20.6. The molecule has 0 saturated heterocycles. The Morgan fingerprint density at radius 3 is 2.66 bits per heavy atom. The molecule has 3 rings (SSSR count). The maximum atomic E-state index is 12.5. The summed E-state index contributed by atoms with van der Waals surface area (Å²) in [5, 5.41) is 9.41. The molecule has 0 N–H and O–H groups in total. The predicted octanol–water partition coefficient (Wildman–Crippen LogP) is 3.90. The molecular formula is C22H26N4O2S. The highest BCUT2D eigenvalue weighted by molar-refractivity contribution is 7.99. The summed E-state index contributed by atoms with van der Waals surface area (Å²) in [5.41, 5.74) is 2.21. The van der Waals surface area contributed by atoms with Crippen LogP contribution in [0.4, 0.5) is 0 Å². The summed E-state index contributed by atoms with van der Waals surface area (Å²) in [6, 6.07) is 17.8. The number of likely N-dealkylation sites (N-methyl/N-ethyl adjacent to an activating group) is 1. The van der Waals surface area contributed by atoms with Crippen molar-refractivity contribution in [2.24, 2.45) is 0 Å². The molecule has 0 saturated carbocycles. The van der Waals surface area contributed by atoms with Gasteiger partial charge in [-0.05, 0) is 32.0 Å². The minimum atomic E-state index is 0.0365. The second kappa shape index (κ2) is 10.1. The van der Waals surface area contributed by atoms with Crippen molar-refractivity contribution in [1.29, 1.82) is 0 Å². The highest BCUT2D eigenvalue weighted by atomic mass is 32.2. The van der Waals surface area contributed by atoms with Gasteiger partial charge in [-0.1, -0.05) is 53.7 Å². The smallest absolute Gasteiger partial charge is 0.232 e. The number of para-hydroxylation sites is 1. The summed E-state index contributed by atoms with van der Waals surface area (Å²) in [6.45, 7) is 5.85. The average Bonchev–Trinajstić information content (AvgIpc) is 3.15. The van der Waals surface area contributed by atoms with Gasteiger partial charge in [0.2, 0.25) is 5.91 Å². The number of carbonyl (C=O) groups is 1. The maximum Gasteiger partial charge on any atom is 0.232 e. The monoisotopic (exact) mass is 410 g/mol. The number of nitrogens with zero attached hydrogens (tertiary/aromatic N) is 4. The largest absolute Gasteiger partial charge is 0.492 e. The molecule has 2 aromatic carbocycles. The Morgan fingerprint density at radius 1 is 1.14 bits per heavy atom. The first-order valence-corrected chi connectivity index (χ1v) is 10.6. The SMILES string of the molecule is CCn1c(SCC(=O)N(C)CCOc2ccccc2)nnc1-c1cccc(C)c1. The van der Waals surface area contributed by atoms with Crippen molar-refractivity contribution in [2.45, 2.75) is 25.5 Å². The van der Waals surface area contributed by atoms with Crippen LogP contribution < -0.4 is 4.74 Å². The Balaban J connectivity index is 1.54. The van der Waals surface area contributed by atoms with E-state index < -0.39 is 0 Å². The van der Waals surface area contributed by atoms with Crippen molar-refractivity contribution < 1.29 is 9.53 Å². The van der Waals surface area contributed by atoms with Crippen molar-refractivity contribution in [3.8, 4) is 17.1 Å². The fourth-order valence-corrected chi connectivity index (χ4v) is 3.80. The summed E-state index contributed by atoms with van der Waals surface area (Å²) in [7, 11) is 1.79. The molecule has 0 bridgehead atoms. The maximum absolute atomic E-state index is 12.5. The quantitative estimate of drug-likeness (QED) is 0.501. The van der Waals surface area contributed by atoms with E-state index in [-0.39, 0.29) is 5.91 Å². The Bertz CT molecular complexity index is 943. The van der Waals surface area contributed by atoms with E-state index in [0.29, 0.717) is 18.9 Å². The van der Waals surface area contributed by atoms with Gasteiger partial charge < -0.3 is 14.2 Å². The fraction of sp³-hybridized carbons (Fsp3) is 0.318. The minimum Gasteiger partial charge on any atom is -0.492 e. The van der Waals surface area contributed by atoms with E-state index in [1.165, 1.54) is 17.3 Å². The predicted molar refractivity (Wildman–Crippen MR) is 116 cm³/mol. The molecule has 0 fully saturated rings. The van der Waals surface area contributed by atoms with Crippen LogP contribution in [0, 0.1) is 6.92 Å². The van der Waals surface area contributed by atoms with Crippen molar-refractivity contribution in [3.05, 3.63) is 60.2 Å². The van der Waals surface area contributed by atoms with Crippen molar-refractivity contribution in [1.82, 2.24) is 19.7 Å². The van der Waals surface area contributed by atoms with Gasteiger partial charge >= 0.3 is 0 Å². The summed E-state index contributed by atoms with van der Waals surface area (Å²) in [4.78, 5) is 14.2. The van der Waals surface area contributed by atoms with E-state index in [1.807, 2.05) is 47.0 Å². The molecule has 0 aliphatic carbocycles. The van der Waals surface area contributed by atoms with Crippen LogP contribution in [0.3, 0.4) is 0 Å². The van der Waals surface area contributed by atoms with Crippen LogP contribution in [0.5, 0.6) is 5.75 Å². The van der Waals surface area contributed by atoms with Crippen LogP contribution in [0.15, 0.2) is 59.8 Å². The molecule has 3 aromatic rings. The Hall–Kier alpha value is -2.80. The molecule has 0 aliphatic heterocycles. The minimum absolute atomic E-state index is 0.0365. The van der Waals surface area contributed by atoms with Crippen molar-refractivity contribution in [3.63, 3.8) is 0 Å². The number of amides is 1. The molecule has 1 heterocycles. The van der Waals surface area contributed by atoms with Crippen LogP contribution in [0.25, 0.3) is 11.4 Å². The first kappa shape index (κ1) is 20.9. The molecule has 1 amide bonds. The summed E-state index contributed by atoms with van der Waals surface area (Å²) in [5.74, 6) is 1.99. The number of hydrogen-bond donors (Lipinski definition) is 0. The van der Waals surface area contributed by atoms with Gasteiger partial charge in [0.25, 0.3) is 0 Å². The second-order valence-electron chi connectivity index (χ2n) is 6.69. The number of aromatic nitrogens is 3. The first-order chi connectivity index (χ1) is 14.1. The van der Waals surface area contributed by atoms with Crippen molar-refractivity contribution >= 4 is 17.7 Å². The number of carbonyl (C=O) groups excluding carboxylic acids is 1. The molecule has 1 aromatic heterocycles. The number of ether oxygens (including phenoxy) is 1.